The Morgan fingerprint density at radius 1 is 1.75 bits per heavy atom. The monoisotopic (exact) mass is 111 g/mol. The van der Waals surface area contributed by atoms with Gasteiger partial charge < -0.3 is 4.52 Å². The lowest BCUT2D eigenvalue weighted by Crippen LogP contribution is -1.79. The molecule has 3 heteroatoms. The molecule has 0 N–H and O–H groups in total. The molecule has 0 saturated carbocycles. The molecule has 0 aliphatic heterocycles. The lowest BCUT2D eigenvalue weighted by Gasteiger charge is -1.81. The van der Waals surface area contributed by atoms with Gasteiger partial charge in [-0.2, -0.15) is 4.98 Å². The van der Waals surface area contributed by atoms with Crippen molar-refractivity contribution in [1.29, 1.82) is 0 Å². The van der Waals surface area contributed by atoms with E-state index in [1.165, 1.54) is 6.33 Å². The fourth-order valence-corrected chi connectivity index (χ4v) is 0.457. The predicted octanol–water partition coefficient (Wildman–Crippen LogP) is 0.836. The number of nitrogens with zero attached hydrogens (tertiary/aromatic N) is 2. The Bertz CT molecular complexity index is 136. The Kier molecular flexibility index (Phi) is 1.62. The number of hydrogen-bond donors (Lipinski definition) is 0. The van der Waals surface area contributed by atoms with Gasteiger partial charge in [0.2, 0.25) is 5.89 Å². The molecule has 0 saturated heterocycles. The quantitative estimate of drug-likeness (QED) is 0.567. The average Bonchev–Trinajstić information content (AvgIpc) is 2.19. The maximum Gasteiger partial charge on any atom is 0.226 e. The van der Waals surface area contributed by atoms with E-state index >= 15 is 0 Å². The number of rotatable bonds is 2. The molecule has 0 unspecified atom stereocenters. The number of aromatic nitrogens is 2. The highest BCUT2D eigenvalue weighted by Crippen LogP contribution is 1.93. The minimum atomic E-state index is 0.667. The molecule has 0 spiro atoms. The van der Waals surface area contributed by atoms with Crippen molar-refractivity contribution in [1.82, 2.24) is 10.1 Å². The maximum atomic E-state index is 4.67. The summed E-state index contributed by atoms with van der Waals surface area (Å²) in [6.45, 7) is 3.63. The van der Waals surface area contributed by atoms with Crippen LogP contribution in [0.4, 0.5) is 0 Å². The van der Waals surface area contributed by atoms with Gasteiger partial charge in [0.1, 0.15) is 0 Å². The summed E-state index contributed by atoms with van der Waals surface area (Å²) in [4.78, 5) is 3.79. The minimum absolute atomic E-state index is 0.667. The van der Waals surface area contributed by atoms with Crippen LogP contribution in [0.15, 0.2) is 10.9 Å². The van der Waals surface area contributed by atoms with E-state index in [1.807, 2.05) is 0 Å². The Morgan fingerprint density at radius 2 is 2.62 bits per heavy atom. The van der Waals surface area contributed by atoms with Crippen LogP contribution in [0.25, 0.3) is 0 Å². The third kappa shape index (κ3) is 1.05. The van der Waals surface area contributed by atoms with Crippen molar-refractivity contribution in [3.63, 3.8) is 0 Å². The third-order valence-corrected chi connectivity index (χ3v) is 0.798. The molecule has 8 heavy (non-hydrogen) atoms. The first-order valence-electron chi connectivity index (χ1n) is 2.48. The van der Waals surface area contributed by atoms with Crippen LogP contribution in [-0.4, -0.2) is 10.1 Å². The highest BCUT2D eigenvalue weighted by atomic mass is 16.5. The van der Waals surface area contributed by atoms with E-state index < -0.39 is 0 Å². The molecule has 0 aliphatic carbocycles. The molecule has 1 aromatic heterocycles. The summed E-state index contributed by atoms with van der Waals surface area (Å²) in [5.74, 6) is 0.667. The summed E-state index contributed by atoms with van der Waals surface area (Å²) in [7, 11) is 0. The Labute approximate surface area is 47.7 Å². The van der Waals surface area contributed by atoms with E-state index in [2.05, 4.69) is 21.6 Å². The second-order valence-electron chi connectivity index (χ2n) is 1.44. The lowest BCUT2D eigenvalue weighted by molar-refractivity contribution is 0.378. The van der Waals surface area contributed by atoms with Crippen LogP contribution in [0.5, 0.6) is 0 Å². The zero-order valence-corrected chi connectivity index (χ0v) is 4.50. The predicted molar refractivity (Wildman–Crippen MR) is 28.0 cm³/mol. The molecular formula is C5H7N2O. The van der Waals surface area contributed by atoms with Gasteiger partial charge in [-0.1, -0.05) is 12.1 Å². The maximum absolute atomic E-state index is 4.67. The summed E-state index contributed by atoms with van der Waals surface area (Å²) >= 11 is 0. The summed E-state index contributed by atoms with van der Waals surface area (Å²) in [5, 5.41) is 3.43. The van der Waals surface area contributed by atoms with Gasteiger partial charge in [0.25, 0.3) is 0 Å². The highest BCUT2D eigenvalue weighted by Gasteiger charge is 1.92. The fourth-order valence-electron chi connectivity index (χ4n) is 0.457. The van der Waals surface area contributed by atoms with Crippen LogP contribution in [0.1, 0.15) is 12.3 Å². The molecule has 1 radical (unpaired) electrons. The Hall–Kier alpha value is -0.860. The van der Waals surface area contributed by atoms with Crippen molar-refractivity contribution < 1.29 is 4.52 Å². The molecule has 0 fully saturated rings. The van der Waals surface area contributed by atoms with E-state index in [1.54, 1.807) is 0 Å². The van der Waals surface area contributed by atoms with Crippen molar-refractivity contribution >= 4 is 0 Å². The van der Waals surface area contributed by atoms with Gasteiger partial charge in [-0.3, -0.25) is 0 Å². The van der Waals surface area contributed by atoms with Crippen molar-refractivity contribution in [2.24, 2.45) is 0 Å². The standard InChI is InChI=1S/C5H7N2O/c1-2-3-5-6-4-7-8-5/h4H,1-3H2. The summed E-state index contributed by atoms with van der Waals surface area (Å²) in [6.07, 6.45) is 2.98. The molecule has 3 nitrogen and oxygen atoms in total. The smallest absolute Gasteiger partial charge is 0.226 e. The molecule has 1 aromatic rings. The molecular weight excluding hydrogens is 104 g/mol. The van der Waals surface area contributed by atoms with Gasteiger partial charge in [-0.15, -0.1) is 0 Å². The Balaban J connectivity index is 2.50. The summed E-state index contributed by atoms with van der Waals surface area (Å²) in [5.41, 5.74) is 0. The molecule has 0 atom stereocenters. The highest BCUT2D eigenvalue weighted by molar-refractivity contribution is 4.73. The van der Waals surface area contributed by atoms with Crippen molar-refractivity contribution in [3.05, 3.63) is 19.1 Å². The third-order valence-electron chi connectivity index (χ3n) is 0.798. The van der Waals surface area contributed by atoms with Crippen LogP contribution < -0.4 is 0 Å². The van der Waals surface area contributed by atoms with Crippen LogP contribution in [0, 0.1) is 6.92 Å². The van der Waals surface area contributed by atoms with E-state index in [0.29, 0.717) is 5.89 Å². The molecule has 0 aliphatic rings. The summed E-state index contributed by atoms with van der Waals surface area (Å²) in [6, 6.07) is 0. The number of hydrogen-bond acceptors (Lipinski definition) is 3. The Morgan fingerprint density at radius 3 is 3.12 bits per heavy atom. The summed E-state index contributed by atoms with van der Waals surface area (Å²) < 4.78 is 4.67. The van der Waals surface area contributed by atoms with Crippen LogP contribution in [0.3, 0.4) is 0 Å². The molecule has 43 valence electrons. The topological polar surface area (TPSA) is 38.9 Å². The second kappa shape index (κ2) is 2.45. The van der Waals surface area contributed by atoms with Gasteiger partial charge in [0, 0.05) is 6.42 Å². The normalized spacial score (nSPS) is 9.62. The van der Waals surface area contributed by atoms with Crippen LogP contribution >= 0.6 is 0 Å². The van der Waals surface area contributed by atoms with E-state index in [-0.39, 0.29) is 0 Å². The average molecular weight is 111 g/mol. The first-order chi connectivity index (χ1) is 3.93. The van der Waals surface area contributed by atoms with Gasteiger partial charge in [-0.05, 0) is 6.42 Å². The van der Waals surface area contributed by atoms with Gasteiger partial charge in [-0.25, -0.2) is 0 Å². The van der Waals surface area contributed by atoms with Crippen LogP contribution in [0.2, 0.25) is 0 Å². The van der Waals surface area contributed by atoms with Crippen molar-refractivity contribution in [2.75, 3.05) is 0 Å². The largest absolute Gasteiger partial charge is 0.340 e. The second-order valence-corrected chi connectivity index (χ2v) is 1.44. The van der Waals surface area contributed by atoms with Crippen molar-refractivity contribution in [3.8, 4) is 0 Å². The van der Waals surface area contributed by atoms with E-state index in [4.69, 9.17) is 0 Å². The van der Waals surface area contributed by atoms with Gasteiger partial charge in [0.05, 0.1) is 0 Å². The fraction of sp³-hybridized carbons (Fsp3) is 0.400. The van der Waals surface area contributed by atoms with Crippen molar-refractivity contribution in [2.45, 2.75) is 12.8 Å². The van der Waals surface area contributed by atoms with Gasteiger partial charge >= 0.3 is 0 Å². The van der Waals surface area contributed by atoms with E-state index in [9.17, 15) is 0 Å². The first-order valence-corrected chi connectivity index (χ1v) is 2.48. The van der Waals surface area contributed by atoms with Gasteiger partial charge in [0.15, 0.2) is 6.33 Å². The molecule has 0 amide bonds. The molecule has 1 heterocycles. The molecule has 0 aromatic carbocycles. The number of aryl methyl sites for hydroxylation is 1. The van der Waals surface area contributed by atoms with E-state index in [0.717, 1.165) is 12.8 Å². The first kappa shape index (κ1) is 5.28. The minimum Gasteiger partial charge on any atom is -0.340 e. The zero-order chi connectivity index (χ0) is 5.82. The van der Waals surface area contributed by atoms with Crippen LogP contribution in [-0.2, 0) is 6.42 Å². The lowest BCUT2D eigenvalue weighted by atomic mass is 10.3. The molecule has 1 rings (SSSR count). The SMILES string of the molecule is [CH2]CCc1ncno1. The zero-order valence-electron chi connectivity index (χ0n) is 4.50. The molecule has 0 bridgehead atoms.